The first kappa shape index (κ1) is 13.0. The van der Waals surface area contributed by atoms with E-state index in [2.05, 4.69) is 4.98 Å². The second-order valence-electron chi connectivity index (χ2n) is 4.47. The number of aromatic nitrogens is 2. The van der Waals surface area contributed by atoms with Gasteiger partial charge in [0.15, 0.2) is 5.72 Å². The van der Waals surface area contributed by atoms with Crippen molar-refractivity contribution in [2.24, 2.45) is 11.7 Å². The number of hydrogen-bond donors (Lipinski definition) is 4. The molecule has 1 aliphatic heterocycles. The van der Waals surface area contributed by atoms with Gasteiger partial charge in [0.1, 0.15) is 18.1 Å². The van der Waals surface area contributed by atoms with E-state index in [1.165, 1.54) is 16.8 Å². The fourth-order valence-corrected chi connectivity index (χ4v) is 2.06. The lowest BCUT2D eigenvalue weighted by Gasteiger charge is -2.24. The van der Waals surface area contributed by atoms with Crippen LogP contribution < -0.4 is 17.2 Å². The number of anilines is 1. The minimum atomic E-state index is -1.58. The maximum atomic E-state index is 11.7. The van der Waals surface area contributed by atoms with Crippen molar-refractivity contribution in [3.63, 3.8) is 0 Å². The zero-order valence-corrected chi connectivity index (χ0v) is 9.85. The molecule has 100 valence electrons. The molecular weight excluding hydrogens is 240 g/mol. The minimum absolute atomic E-state index is 0.101. The summed E-state index contributed by atoms with van der Waals surface area (Å²) < 4.78 is 6.58. The van der Waals surface area contributed by atoms with E-state index in [0.29, 0.717) is 0 Å². The van der Waals surface area contributed by atoms with E-state index in [0.717, 1.165) is 0 Å². The fraction of sp³-hybridized carbons (Fsp3) is 0.600. The van der Waals surface area contributed by atoms with Gasteiger partial charge in [0.25, 0.3) is 0 Å². The molecule has 0 aliphatic carbocycles. The second kappa shape index (κ2) is 4.32. The number of nitrogens with zero attached hydrogens (tertiary/aromatic N) is 2. The van der Waals surface area contributed by atoms with Crippen molar-refractivity contribution < 1.29 is 14.9 Å². The van der Waals surface area contributed by atoms with E-state index in [4.69, 9.17) is 21.3 Å². The van der Waals surface area contributed by atoms with Crippen LogP contribution in [0.1, 0.15) is 13.2 Å². The molecule has 0 radical (unpaired) electrons. The summed E-state index contributed by atoms with van der Waals surface area (Å²) in [5, 5.41) is 19.1. The highest BCUT2D eigenvalue weighted by molar-refractivity contribution is 5.23. The van der Waals surface area contributed by atoms with Crippen LogP contribution in [0.3, 0.4) is 0 Å². The zero-order chi connectivity index (χ0) is 13.5. The van der Waals surface area contributed by atoms with E-state index < -0.39 is 36.3 Å². The van der Waals surface area contributed by atoms with Crippen LogP contribution in [0.15, 0.2) is 17.1 Å². The molecule has 8 nitrogen and oxygen atoms in total. The Kier molecular flexibility index (Phi) is 3.11. The van der Waals surface area contributed by atoms with Crippen molar-refractivity contribution in [3.8, 4) is 0 Å². The zero-order valence-electron chi connectivity index (χ0n) is 9.85. The van der Waals surface area contributed by atoms with Gasteiger partial charge in [-0.15, -0.1) is 0 Å². The van der Waals surface area contributed by atoms with Crippen molar-refractivity contribution in [2.75, 3.05) is 12.3 Å². The molecule has 6 N–H and O–H groups in total. The van der Waals surface area contributed by atoms with Crippen LogP contribution in [-0.4, -0.2) is 38.2 Å². The summed E-state index contributed by atoms with van der Waals surface area (Å²) >= 11 is 0. The Morgan fingerprint density at radius 3 is 2.83 bits per heavy atom. The number of nitrogens with two attached hydrogens (primary N) is 2. The molecule has 8 heteroatoms. The Hall–Kier alpha value is -1.48. The van der Waals surface area contributed by atoms with Gasteiger partial charge in [0.2, 0.25) is 0 Å². The molecule has 1 aliphatic rings. The van der Waals surface area contributed by atoms with Gasteiger partial charge in [-0.25, -0.2) is 4.79 Å². The van der Waals surface area contributed by atoms with Crippen LogP contribution in [0.25, 0.3) is 0 Å². The Labute approximate surface area is 103 Å². The highest BCUT2D eigenvalue weighted by atomic mass is 16.6. The average molecular weight is 256 g/mol. The van der Waals surface area contributed by atoms with Crippen molar-refractivity contribution in [1.29, 1.82) is 0 Å². The first-order chi connectivity index (χ1) is 8.39. The van der Waals surface area contributed by atoms with Gasteiger partial charge in [-0.3, -0.25) is 10.3 Å². The van der Waals surface area contributed by atoms with Gasteiger partial charge in [-0.05, 0) is 6.07 Å². The van der Waals surface area contributed by atoms with Gasteiger partial charge >= 0.3 is 5.69 Å². The molecule has 0 bridgehead atoms. The molecule has 0 amide bonds. The fourth-order valence-electron chi connectivity index (χ4n) is 2.06. The molecule has 2 heterocycles. The van der Waals surface area contributed by atoms with Crippen LogP contribution in [0.4, 0.5) is 5.82 Å². The van der Waals surface area contributed by atoms with Crippen LogP contribution in [0.2, 0.25) is 0 Å². The van der Waals surface area contributed by atoms with Gasteiger partial charge in [-0.2, -0.15) is 4.98 Å². The molecule has 1 saturated heterocycles. The van der Waals surface area contributed by atoms with Crippen molar-refractivity contribution in [1.82, 2.24) is 9.55 Å². The summed E-state index contributed by atoms with van der Waals surface area (Å²) in [6, 6.07) is 1.44. The summed E-state index contributed by atoms with van der Waals surface area (Å²) in [7, 11) is 0. The summed E-state index contributed by atoms with van der Waals surface area (Å²) in [4.78, 5) is 15.3. The molecule has 18 heavy (non-hydrogen) atoms. The Bertz CT molecular complexity index is 505. The number of aliphatic hydroxyl groups is 2. The maximum Gasteiger partial charge on any atom is 0.351 e. The molecule has 4 unspecified atom stereocenters. The third-order valence-electron chi connectivity index (χ3n) is 3.16. The van der Waals surface area contributed by atoms with Gasteiger partial charge < -0.3 is 20.7 Å². The molecular formula is C10H16N4O4. The number of rotatable bonds is 2. The summed E-state index contributed by atoms with van der Waals surface area (Å²) in [5.41, 5.74) is 8.93. The summed E-state index contributed by atoms with van der Waals surface area (Å²) in [5.74, 6) is -0.367. The molecule has 0 aromatic carbocycles. The summed E-state index contributed by atoms with van der Waals surface area (Å²) in [6.07, 6.45) is -0.462. The lowest BCUT2D eigenvalue weighted by atomic mass is 9.98. The van der Waals surface area contributed by atoms with E-state index >= 15 is 0 Å². The van der Waals surface area contributed by atoms with Gasteiger partial charge in [0, 0.05) is 12.1 Å². The van der Waals surface area contributed by atoms with Crippen molar-refractivity contribution in [3.05, 3.63) is 22.7 Å². The van der Waals surface area contributed by atoms with Crippen LogP contribution in [0, 0.1) is 5.92 Å². The van der Waals surface area contributed by atoms with Gasteiger partial charge in [0.05, 0.1) is 6.61 Å². The molecule has 1 fully saturated rings. The topological polar surface area (TPSA) is 137 Å². The Balaban J connectivity index is 2.38. The van der Waals surface area contributed by atoms with Crippen LogP contribution in [-0.2, 0) is 4.74 Å². The predicted octanol–water partition coefficient (Wildman–Crippen LogP) is -2.00. The van der Waals surface area contributed by atoms with Gasteiger partial charge in [-0.1, -0.05) is 6.92 Å². The predicted molar refractivity (Wildman–Crippen MR) is 62.2 cm³/mol. The Morgan fingerprint density at radius 2 is 2.33 bits per heavy atom. The van der Waals surface area contributed by atoms with Crippen molar-refractivity contribution >= 4 is 5.82 Å². The summed E-state index contributed by atoms with van der Waals surface area (Å²) in [6.45, 7) is 1.12. The van der Waals surface area contributed by atoms with Crippen molar-refractivity contribution in [2.45, 2.75) is 25.0 Å². The normalized spacial score (nSPS) is 35.9. The third-order valence-corrected chi connectivity index (χ3v) is 3.16. The maximum absolute atomic E-state index is 11.7. The molecule has 0 spiro atoms. The molecule has 2 rings (SSSR count). The van der Waals surface area contributed by atoms with Crippen LogP contribution >= 0.6 is 0 Å². The van der Waals surface area contributed by atoms with E-state index in [-0.39, 0.29) is 5.82 Å². The molecule has 1 aromatic rings. The lowest BCUT2D eigenvalue weighted by Crippen LogP contribution is -2.52. The molecule has 0 saturated carbocycles. The average Bonchev–Trinajstić information content (AvgIpc) is 2.55. The standard InChI is InChI=1S/C10H16N4O4/c1-5-7(16)10(12,4-15)18-8(5)14-3-2-6(11)13-9(14)17/h2-3,5,7-8,15-16H,4,12H2,1H3,(H2,11,13,17). The number of aliphatic hydroxyl groups excluding tert-OH is 2. The first-order valence-electron chi connectivity index (χ1n) is 5.49. The second-order valence-corrected chi connectivity index (χ2v) is 4.47. The monoisotopic (exact) mass is 256 g/mol. The smallest absolute Gasteiger partial charge is 0.351 e. The number of nitrogen functional groups attached to an aromatic ring is 1. The third kappa shape index (κ3) is 1.89. The first-order valence-corrected chi connectivity index (χ1v) is 5.49. The molecule has 4 atom stereocenters. The highest BCUT2D eigenvalue weighted by Gasteiger charge is 2.51. The number of hydrogen-bond acceptors (Lipinski definition) is 7. The largest absolute Gasteiger partial charge is 0.392 e. The van der Waals surface area contributed by atoms with E-state index in [1.807, 2.05) is 0 Å². The SMILES string of the molecule is CC1C(n2ccc(N)nc2=O)OC(N)(CO)C1O. The van der Waals surface area contributed by atoms with E-state index in [1.54, 1.807) is 6.92 Å². The lowest BCUT2D eigenvalue weighted by molar-refractivity contribution is -0.125. The van der Waals surface area contributed by atoms with Crippen LogP contribution in [0.5, 0.6) is 0 Å². The Morgan fingerprint density at radius 1 is 1.67 bits per heavy atom. The highest BCUT2D eigenvalue weighted by Crippen LogP contribution is 2.37. The molecule has 1 aromatic heterocycles. The quantitative estimate of drug-likeness (QED) is 0.480. The number of ether oxygens (including phenoxy) is 1. The van der Waals surface area contributed by atoms with E-state index in [9.17, 15) is 9.90 Å². The minimum Gasteiger partial charge on any atom is -0.392 e.